The lowest BCUT2D eigenvalue weighted by molar-refractivity contribution is -0.137. The second-order valence-electron chi connectivity index (χ2n) is 5.07. The van der Waals surface area contributed by atoms with Crippen LogP contribution in [0.5, 0.6) is 0 Å². The SMILES string of the molecule is CCNC(C)(C)C(=O)N(CC)Cc1ccccc1Cl. The molecule has 0 fully saturated rings. The molecule has 0 bridgehead atoms. The van der Waals surface area contributed by atoms with Gasteiger partial charge < -0.3 is 10.2 Å². The summed E-state index contributed by atoms with van der Waals surface area (Å²) in [5.41, 5.74) is 0.429. The summed E-state index contributed by atoms with van der Waals surface area (Å²) in [4.78, 5) is 14.3. The zero-order valence-corrected chi connectivity index (χ0v) is 12.9. The molecule has 0 aromatic heterocycles. The van der Waals surface area contributed by atoms with E-state index in [1.807, 2.05) is 56.9 Å². The lowest BCUT2D eigenvalue weighted by Gasteiger charge is -2.32. The van der Waals surface area contributed by atoms with Gasteiger partial charge in [0.05, 0.1) is 5.54 Å². The summed E-state index contributed by atoms with van der Waals surface area (Å²) in [5.74, 6) is 0.0942. The van der Waals surface area contributed by atoms with Crippen LogP contribution in [-0.2, 0) is 11.3 Å². The van der Waals surface area contributed by atoms with Crippen molar-refractivity contribution < 1.29 is 4.79 Å². The van der Waals surface area contributed by atoms with E-state index in [1.54, 1.807) is 0 Å². The summed E-state index contributed by atoms with van der Waals surface area (Å²) >= 11 is 6.15. The first-order valence-corrected chi connectivity index (χ1v) is 7.08. The molecule has 0 aliphatic heterocycles. The van der Waals surface area contributed by atoms with Gasteiger partial charge in [-0.3, -0.25) is 4.79 Å². The Morgan fingerprint density at radius 1 is 1.32 bits per heavy atom. The van der Waals surface area contributed by atoms with E-state index in [0.29, 0.717) is 18.1 Å². The van der Waals surface area contributed by atoms with Crippen LogP contribution in [0.2, 0.25) is 5.02 Å². The molecule has 1 rings (SSSR count). The van der Waals surface area contributed by atoms with Gasteiger partial charge in [-0.2, -0.15) is 0 Å². The number of hydrogen-bond acceptors (Lipinski definition) is 2. The molecule has 1 amide bonds. The molecular formula is C15H23ClN2O. The summed E-state index contributed by atoms with van der Waals surface area (Å²) < 4.78 is 0. The van der Waals surface area contributed by atoms with Crippen molar-refractivity contribution in [3.8, 4) is 0 Å². The maximum absolute atomic E-state index is 12.5. The Labute approximate surface area is 120 Å². The molecule has 0 aliphatic rings. The molecule has 19 heavy (non-hydrogen) atoms. The fraction of sp³-hybridized carbons (Fsp3) is 0.533. The van der Waals surface area contributed by atoms with Crippen LogP contribution in [0.25, 0.3) is 0 Å². The largest absolute Gasteiger partial charge is 0.337 e. The smallest absolute Gasteiger partial charge is 0.242 e. The number of carbonyl (C=O) groups is 1. The molecule has 0 aliphatic carbocycles. The molecule has 0 saturated carbocycles. The van der Waals surface area contributed by atoms with E-state index < -0.39 is 5.54 Å². The minimum absolute atomic E-state index is 0.0942. The van der Waals surface area contributed by atoms with Gasteiger partial charge in [0.15, 0.2) is 0 Å². The third kappa shape index (κ3) is 4.22. The van der Waals surface area contributed by atoms with E-state index in [0.717, 1.165) is 12.1 Å². The van der Waals surface area contributed by atoms with Gasteiger partial charge in [-0.15, -0.1) is 0 Å². The van der Waals surface area contributed by atoms with Crippen molar-refractivity contribution in [2.24, 2.45) is 0 Å². The van der Waals surface area contributed by atoms with Crippen molar-refractivity contribution in [1.82, 2.24) is 10.2 Å². The second-order valence-corrected chi connectivity index (χ2v) is 5.47. The number of carbonyl (C=O) groups excluding carboxylic acids is 1. The van der Waals surface area contributed by atoms with Gasteiger partial charge in [0.2, 0.25) is 5.91 Å². The number of amides is 1. The van der Waals surface area contributed by atoms with Crippen molar-refractivity contribution in [1.29, 1.82) is 0 Å². The maximum atomic E-state index is 12.5. The summed E-state index contributed by atoms with van der Waals surface area (Å²) in [6.07, 6.45) is 0. The van der Waals surface area contributed by atoms with Crippen LogP contribution in [0, 0.1) is 0 Å². The van der Waals surface area contributed by atoms with Crippen molar-refractivity contribution >= 4 is 17.5 Å². The van der Waals surface area contributed by atoms with Crippen molar-refractivity contribution in [3.05, 3.63) is 34.9 Å². The van der Waals surface area contributed by atoms with E-state index >= 15 is 0 Å². The minimum Gasteiger partial charge on any atom is -0.337 e. The predicted molar refractivity (Wildman–Crippen MR) is 80.3 cm³/mol. The standard InChI is InChI=1S/C15H23ClN2O/c1-5-17-15(3,4)14(19)18(6-2)11-12-9-7-8-10-13(12)16/h7-10,17H,5-6,11H2,1-4H3. The van der Waals surface area contributed by atoms with Crippen LogP contribution in [-0.4, -0.2) is 29.4 Å². The molecule has 0 spiro atoms. The molecule has 1 aromatic carbocycles. The van der Waals surface area contributed by atoms with Crippen LogP contribution >= 0.6 is 11.6 Å². The zero-order chi connectivity index (χ0) is 14.5. The number of halogens is 1. The van der Waals surface area contributed by atoms with Gasteiger partial charge in [-0.05, 0) is 38.9 Å². The minimum atomic E-state index is -0.550. The summed E-state index contributed by atoms with van der Waals surface area (Å²) in [6.45, 7) is 9.78. The van der Waals surface area contributed by atoms with Gasteiger partial charge in [-0.1, -0.05) is 36.7 Å². The molecule has 0 heterocycles. The van der Waals surface area contributed by atoms with Crippen molar-refractivity contribution in [3.63, 3.8) is 0 Å². The fourth-order valence-corrected chi connectivity index (χ4v) is 2.27. The second kappa shape index (κ2) is 6.92. The average Bonchev–Trinajstić information content (AvgIpc) is 2.37. The molecule has 0 unspecified atom stereocenters. The number of likely N-dealkylation sites (N-methyl/N-ethyl adjacent to an activating group) is 2. The number of rotatable bonds is 6. The number of nitrogens with zero attached hydrogens (tertiary/aromatic N) is 1. The van der Waals surface area contributed by atoms with Gasteiger partial charge in [0, 0.05) is 18.1 Å². The Morgan fingerprint density at radius 3 is 2.47 bits per heavy atom. The molecule has 0 saturated heterocycles. The Kier molecular flexibility index (Phi) is 5.83. The molecule has 1 N–H and O–H groups in total. The van der Waals surface area contributed by atoms with Crippen LogP contribution in [0.15, 0.2) is 24.3 Å². The predicted octanol–water partition coefficient (Wildman–Crippen LogP) is 3.08. The topological polar surface area (TPSA) is 32.3 Å². The van der Waals surface area contributed by atoms with Gasteiger partial charge in [-0.25, -0.2) is 0 Å². The van der Waals surface area contributed by atoms with Crippen molar-refractivity contribution in [2.75, 3.05) is 13.1 Å². The fourth-order valence-electron chi connectivity index (χ4n) is 2.07. The maximum Gasteiger partial charge on any atom is 0.242 e. The quantitative estimate of drug-likeness (QED) is 0.870. The number of nitrogens with one attached hydrogen (secondary N) is 1. The van der Waals surface area contributed by atoms with Gasteiger partial charge in [0.25, 0.3) is 0 Å². The summed E-state index contributed by atoms with van der Waals surface area (Å²) in [6, 6.07) is 7.64. The molecule has 0 radical (unpaired) electrons. The Bertz CT molecular complexity index is 432. The highest BCUT2D eigenvalue weighted by molar-refractivity contribution is 6.31. The van der Waals surface area contributed by atoms with Crippen molar-refractivity contribution in [2.45, 2.75) is 39.8 Å². The first-order chi connectivity index (χ1) is 8.92. The summed E-state index contributed by atoms with van der Waals surface area (Å²) in [7, 11) is 0. The lowest BCUT2D eigenvalue weighted by Crippen LogP contribution is -2.53. The first-order valence-electron chi connectivity index (χ1n) is 6.70. The normalized spacial score (nSPS) is 11.4. The number of hydrogen-bond donors (Lipinski definition) is 1. The van der Waals surface area contributed by atoms with E-state index in [2.05, 4.69) is 5.32 Å². The summed E-state index contributed by atoms with van der Waals surface area (Å²) in [5, 5.41) is 3.92. The van der Waals surface area contributed by atoms with E-state index in [4.69, 9.17) is 11.6 Å². The molecule has 0 atom stereocenters. The first kappa shape index (κ1) is 16.0. The highest BCUT2D eigenvalue weighted by Crippen LogP contribution is 2.18. The third-order valence-corrected chi connectivity index (χ3v) is 3.51. The van der Waals surface area contributed by atoms with Crippen LogP contribution in [0.4, 0.5) is 0 Å². The Hall–Kier alpha value is -1.06. The lowest BCUT2D eigenvalue weighted by atomic mass is 10.0. The van der Waals surface area contributed by atoms with E-state index in [9.17, 15) is 4.79 Å². The molecular weight excluding hydrogens is 260 g/mol. The highest BCUT2D eigenvalue weighted by atomic mass is 35.5. The third-order valence-electron chi connectivity index (χ3n) is 3.14. The van der Waals surface area contributed by atoms with E-state index in [-0.39, 0.29) is 5.91 Å². The Morgan fingerprint density at radius 2 is 1.95 bits per heavy atom. The van der Waals surface area contributed by atoms with E-state index in [1.165, 1.54) is 0 Å². The van der Waals surface area contributed by atoms with Gasteiger partial charge in [0.1, 0.15) is 0 Å². The molecule has 4 heteroatoms. The van der Waals surface area contributed by atoms with Crippen LogP contribution in [0.3, 0.4) is 0 Å². The zero-order valence-electron chi connectivity index (χ0n) is 12.2. The Balaban J connectivity index is 2.84. The highest BCUT2D eigenvalue weighted by Gasteiger charge is 2.30. The van der Waals surface area contributed by atoms with Gasteiger partial charge >= 0.3 is 0 Å². The molecule has 106 valence electrons. The molecule has 1 aromatic rings. The number of benzene rings is 1. The van der Waals surface area contributed by atoms with Crippen LogP contribution < -0.4 is 5.32 Å². The van der Waals surface area contributed by atoms with Crippen LogP contribution in [0.1, 0.15) is 33.3 Å². The molecule has 3 nitrogen and oxygen atoms in total. The monoisotopic (exact) mass is 282 g/mol. The average molecular weight is 283 g/mol.